The van der Waals surface area contributed by atoms with Gasteiger partial charge in [-0.15, -0.1) is 4.31 Å². The monoisotopic (exact) mass is 336 g/mol. The first-order chi connectivity index (χ1) is 10.6. The summed E-state index contributed by atoms with van der Waals surface area (Å²) in [7, 11) is -0.307. The fraction of sp³-hybridized carbons (Fsp3) is 0.647. The highest BCUT2D eigenvalue weighted by atomic mass is 32.2. The molecule has 0 radical (unpaired) electrons. The maximum atomic E-state index is 10.0. The van der Waals surface area contributed by atoms with E-state index in [1.54, 1.807) is 0 Å². The molecule has 2 fully saturated rings. The van der Waals surface area contributed by atoms with Crippen molar-refractivity contribution in [3.05, 3.63) is 24.3 Å². The molecular formula is C17H27BNO3S+. The van der Waals surface area contributed by atoms with Crippen molar-refractivity contribution in [1.29, 1.82) is 0 Å². The van der Waals surface area contributed by atoms with E-state index < -0.39 is 5.60 Å². The van der Waals surface area contributed by atoms with E-state index in [1.165, 1.54) is 4.90 Å². The number of β-amino-alcohol motifs (C(OH)–C–C–N with tert-alkyl or cyclic N) is 1. The van der Waals surface area contributed by atoms with Crippen LogP contribution in [0.2, 0.25) is 0 Å². The van der Waals surface area contributed by atoms with Crippen molar-refractivity contribution >= 4 is 24.5 Å². The van der Waals surface area contributed by atoms with Gasteiger partial charge in [0.2, 0.25) is 0 Å². The van der Waals surface area contributed by atoms with Crippen LogP contribution in [-0.2, 0) is 21.3 Å². The van der Waals surface area contributed by atoms with Crippen LogP contribution >= 0.6 is 0 Å². The number of hydrogen-bond acceptors (Lipinski definition) is 4. The van der Waals surface area contributed by atoms with Crippen molar-refractivity contribution < 1.29 is 14.4 Å². The van der Waals surface area contributed by atoms with Crippen LogP contribution in [0.25, 0.3) is 0 Å². The Bertz CT molecular complexity index is 558. The van der Waals surface area contributed by atoms with Crippen molar-refractivity contribution in [3.8, 4) is 0 Å². The van der Waals surface area contributed by atoms with Gasteiger partial charge in [-0.1, -0.05) is 12.1 Å². The fourth-order valence-corrected chi connectivity index (χ4v) is 4.03. The normalized spacial score (nSPS) is 30.1. The molecule has 1 atom stereocenters. The maximum absolute atomic E-state index is 10.0. The highest BCUT2D eigenvalue weighted by Gasteiger charge is 2.51. The Hall–Kier alpha value is -0.525. The van der Waals surface area contributed by atoms with Crippen LogP contribution in [0.5, 0.6) is 0 Å². The standard InChI is InChI=1S/C17H26BNO3S/c1-15(2)16(3,4)22-18(21-15)13-6-8-14(9-7-13)23-19-11-10-17(5,20)12-19/h6-9,20H,10-12H2,1-5H3/p+1. The van der Waals surface area contributed by atoms with Crippen LogP contribution in [0.3, 0.4) is 0 Å². The molecule has 2 aliphatic rings. The quantitative estimate of drug-likeness (QED) is 0.516. The topological polar surface area (TPSA) is 41.9 Å². The van der Waals surface area contributed by atoms with Crippen LogP contribution in [0.15, 0.2) is 29.2 Å². The van der Waals surface area contributed by atoms with Gasteiger partial charge in [0.1, 0.15) is 0 Å². The molecule has 2 heterocycles. The summed E-state index contributed by atoms with van der Waals surface area (Å²) in [5.74, 6) is 0. The predicted octanol–water partition coefficient (Wildman–Crippen LogP) is 1.53. The van der Waals surface area contributed by atoms with Gasteiger partial charge in [-0.05, 0) is 58.6 Å². The number of hydrogen-bond donors (Lipinski definition) is 1. The molecule has 1 aromatic rings. The molecule has 1 aromatic carbocycles. The van der Waals surface area contributed by atoms with Gasteiger partial charge in [-0.2, -0.15) is 0 Å². The van der Waals surface area contributed by atoms with Crippen LogP contribution in [-0.4, -0.2) is 46.4 Å². The van der Waals surface area contributed by atoms with Crippen molar-refractivity contribution in [2.24, 2.45) is 0 Å². The Morgan fingerprint density at radius 3 is 2.09 bits per heavy atom. The summed E-state index contributed by atoms with van der Waals surface area (Å²) in [6.45, 7) is 11.8. The van der Waals surface area contributed by atoms with Gasteiger partial charge in [0, 0.05) is 6.54 Å². The summed E-state index contributed by atoms with van der Waals surface area (Å²) in [5, 5.41) is 10.0. The van der Waals surface area contributed by atoms with Crippen molar-refractivity contribution in [2.45, 2.75) is 62.7 Å². The third-order valence-corrected chi connectivity index (χ3v) is 6.26. The first-order valence-corrected chi connectivity index (χ1v) is 9.07. The molecule has 2 saturated heterocycles. The zero-order valence-corrected chi connectivity index (χ0v) is 15.6. The van der Waals surface area contributed by atoms with E-state index in [-0.39, 0.29) is 18.3 Å². The van der Waals surface area contributed by atoms with E-state index in [0.29, 0.717) is 0 Å². The zero-order valence-electron chi connectivity index (χ0n) is 14.7. The molecule has 0 saturated carbocycles. The number of thiol groups is 1. The average Bonchev–Trinajstić information content (AvgIpc) is 2.87. The van der Waals surface area contributed by atoms with Gasteiger partial charge in [0.05, 0.1) is 35.3 Å². The molecule has 0 spiro atoms. The molecule has 2 aliphatic heterocycles. The third kappa shape index (κ3) is 3.61. The van der Waals surface area contributed by atoms with Crippen LogP contribution < -0.4 is 5.46 Å². The Labute approximate surface area is 143 Å². The summed E-state index contributed by atoms with van der Waals surface area (Å²) < 4.78 is 14.4. The largest absolute Gasteiger partial charge is 0.494 e. The number of aliphatic hydroxyl groups is 1. The smallest absolute Gasteiger partial charge is 0.399 e. The van der Waals surface area contributed by atoms with E-state index in [1.807, 2.05) is 6.92 Å². The van der Waals surface area contributed by atoms with Crippen molar-refractivity contribution in [1.82, 2.24) is 4.31 Å². The number of benzene rings is 1. The summed E-state index contributed by atoms with van der Waals surface area (Å²) in [4.78, 5) is 1.22. The first-order valence-electron chi connectivity index (χ1n) is 8.23. The van der Waals surface area contributed by atoms with Gasteiger partial charge in [0.25, 0.3) is 0 Å². The molecule has 0 aromatic heterocycles. The van der Waals surface area contributed by atoms with Gasteiger partial charge in [-0.25, -0.2) is 0 Å². The Morgan fingerprint density at radius 2 is 1.61 bits per heavy atom. The van der Waals surface area contributed by atoms with E-state index in [4.69, 9.17) is 9.31 Å². The molecule has 0 aliphatic carbocycles. The highest BCUT2D eigenvalue weighted by Crippen LogP contribution is 2.36. The lowest BCUT2D eigenvalue weighted by atomic mass is 9.79. The summed E-state index contributed by atoms with van der Waals surface area (Å²) in [6.07, 6.45) is 0.839. The minimum absolute atomic E-state index is 0.307. The predicted molar refractivity (Wildman–Crippen MR) is 96.0 cm³/mol. The molecule has 23 heavy (non-hydrogen) atoms. The van der Waals surface area contributed by atoms with Crippen molar-refractivity contribution in [3.63, 3.8) is 0 Å². The molecule has 6 heteroatoms. The van der Waals surface area contributed by atoms with Gasteiger partial charge in [0.15, 0.2) is 4.90 Å². The third-order valence-electron chi connectivity index (χ3n) is 5.11. The van der Waals surface area contributed by atoms with Crippen LogP contribution in [0.1, 0.15) is 41.0 Å². The molecule has 3 rings (SSSR count). The molecular weight excluding hydrogens is 309 g/mol. The minimum Gasteiger partial charge on any atom is -0.399 e. The zero-order chi connectivity index (χ0) is 16.9. The lowest BCUT2D eigenvalue weighted by Crippen LogP contribution is -2.41. The number of nitrogens with zero attached hydrogens (tertiary/aromatic N) is 1. The lowest BCUT2D eigenvalue weighted by Gasteiger charge is -2.32. The van der Waals surface area contributed by atoms with Crippen LogP contribution in [0.4, 0.5) is 0 Å². The van der Waals surface area contributed by atoms with E-state index in [0.717, 1.165) is 36.9 Å². The fourth-order valence-electron chi connectivity index (χ4n) is 2.85. The van der Waals surface area contributed by atoms with E-state index in [9.17, 15) is 5.11 Å². The summed E-state index contributed by atoms with van der Waals surface area (Å²) in [5.41, 5.74) is -0.114. The Kier molecular flexibility index (Phi) is 4.35. The van der Waals surface area contributed by atoms with E-state index in [2.05, 4.69) is 56.3 Å². The SMILES string of the molecule is CC1(O)CCN([SH+]c2ccc(B3OC(C)(C)C(C)(C)O3)cc2)C1. The number of rotatable bonds is 3. The lowest BCUT2D eigenvalue weighted by molar-refractivity contribution is 0.00578. The Balaban J connectivity index is 1.64. The molecule has 0 amide bonds. The highest BCUT2D eigenvalue weighted by molar-refractivity contribution is 7.76. The maximum Gasteiger partial charge on any atom is 0.494 e. The second-order valence-corrected chi connectivity index (χ2v) is 9.20. The van der Waals surface area contributed by atoms with Gasteiger partial charge < -0.3 is 14.4 Å². The first kappa shape index (κ1) is 17.3. The summed E-state index contributed by atoms with van der Waals surface area (Å²) in [6, 6.07) is 8.40. The molecule has 1 N–H and O–H groups in total. The minimum atomic E-state index is -0.546. The summed E-state index contributed by atoms with van der Waals surface area (Å²) >= 11 is 1.15. The molecule has 0 bridgehead atoms. The molecule has 126 valence electrons. The van der Waals surface area contributed by atoms with Gasteiger partial charge >= 0.3 is 7.12 Å². The van der Waals surface area contributed by atoms with Crippen molar-refractivity contribution in [2.75, 3.05) is 13.1 Å². The van der Waals surface area contributed by atoms with Crippen LogP contribution in [0, 0.1) is 0 Å². The Morgan fingerprint density at radius 1 is 1.04 bits per heavy atom. The molecule has 1 unspecified atom stereocenters. The second-order valence-electron chi connectivity index (χ2n) is 7.91. The van der Waals surface area contributed by atoms with E-state index >= 15 is 0 Å². The molecule has 4 nitrogen and oxygen atoms in total. The second kappa shape index (κ2) is 5.78. The van der Waals surface area contributed by atoms with Gasteiger partial charge in [-0.3, -0.25) is 0 Å². The average molecular weight is 336 g/mol.